The van der Waals surface area contributed by atoms with Gasteiger partial charge in [-0.25, -0.2) is 0 Å². The Morgan fingerprint density at radius 1 is 1.50 bits per heavy atom. The van der Waals surface area contributed by atoms with Gasteiger partial charge in [-0.3, -0.25) is 9.48 Å². The predicted molar refractivity (Wildman–Crippen MR) is 89.5 cm³/mol. The lowest BCUT2D eigenvalue weighted by Crippen LogP contribution is -2.23. The molecule has 0 fully saturated rings. The Kier molecular flexibility index (Phi) is 6.08. The summed E-state index contributed by atoms with van der Waals surface area (Å²) in [7, 11) is 3.44. The standard InChI is InChI=1S/C16H16BrF2N3O2/c1-21(9-11-8-20-22(2)10-11)15(23)6-3-12-7-13(17)4-5-14(12)24-16(18)19/h3-8,10,16H,9H2,1-2H3/b6-3+. The normalized spacial score (nSPS) is 11.2. The van der Waals surface area contributed by atoms with Crippen molar-refractivity contribution < 1.29 is 18.3 Å². The van der Waals surface area contributed by atoms with E-state index >= 15 is 0 Å². The molecule has 0 bridgehead atoms. The van der Waals surface area contributed by atoms with Gasteiger partial charge in [0.05, 0.1) is 6.20 Å². The van der Waals surface area contributed by atoms with Gasteiger partial charge < -0.3 is 9.64 Å². The van der Waals surface area contributed by atoms with Crippen molar-refractivity contribution in [1.29, 1.82) is 0 Å². The van der Waals surface area contributed by atoms with Gasteiger partial charge in [0.25, 0.3) is 0 Å². The highest BCUT2D eigenvalue weighted by Crippen LogP contribution is 2.26. The Morgan fingerprint density at radius 3 is 2.88 bits per heavy atom. The van der Waals surface area contributed by atoms with Crippen molar-refractivity contribution in [3.05, 3.63) is 52.3 Å². The molecule has 0 saturated carbocycles. The highest BCUT2D eigenvalue weighted by Gasteiger charge is 2.10. The molecular weight excluding hydrogens is 384 g/mol. The lowest BCUT2D eigenvalue weighted by molar-refractivity contribution is -0.125. The second kappa shape index (κ2) is 8.05. The van der Waals surface area contributed by atoms with Gasteiger partial charge in [-0.15, -0.1) is 0 Å². The van der Waals surface area contributed by atoms with E-state index in [0.717, 1.165) is 5.56 Å². The predicted octanol–water partition coefficient (Wildman–Crippen LogP) is 3.46. The van der Waals surface area contributed by atoms with E-state index in [1.165, 1.54) is 23.1 Å². The second-order valence-electron chi connectivity index (χ2n) is 5.11. The molecule has 1 aromatic carbocycles. The van der Waals surface area contributed by atoms with Gasteiger partial charge >= 0.3 is 6.61 Å². The summed E-state index contributed by atoms with van der Waals surface area (Å²) in [5, 5.41) is 4.04. The highest BCUT2D eigenvalue weighted by atomic mass is 79.9. The number of aryl methyl sites for hydroxylation is 1. The number of likely N-dealkylation sites (N-methyl/N-ethyl adjacent to an activating group) is 1. The average Bonchev–Trinajstić information content (AvgIpc) is 2.91. The van der Waals surface area contributed by atoms with Gasteiger partial charge in [0.2, 0.25) is 5.91 Å². The van der Waals surface area contributed by atoms with E-state index in [-0.39, 0.29) is 11.7 Å². The monoisotopic (exact) mass is 399 g/mol. The number of hydrogen-bond donors (Lipinski definition) is 0. The smallest absolute Gasteiger partial charge is 0.387 e. The maximum Gasteiger partial charge on any atom is 0.387 e. The van der Waals surface area contributed by atoms with Crippen molar-refractivity contribution in [3.63, 3.8) is 0 Å². The van der Waals surface area contributed by atoms with Crippen LogP contribution in [0.15, 0.2) is 41.1 Å². The van der Waals surface area contributed by atoms with E-state index in [0.29, 0.717) is 16.6 Å². The molecule has 0 radical (unpaired) electrons. The third-order valence-corrected chi connectivity index (χ3v) is 3.64. The molecule has 2 rings (SSSR count). The van der Waals surface area contributed by atoms with Crippen LogP contribution in [-0.2, 0) is 18.4 Å². The lowest BCUT2D eigenvalue weighted by atomic mass is 10.2. The molecule has 5 nitrogen and oxygen atoms in total. The highest BCUT2D eigenvalue weighted by molar-refractivity contribution is 9.10. The first kappa shape index (κ1) is 18.1. The van der Waals surface area contributed by atoms with Gasteiger partial charge in [0.15, 0.2) is 0 Å². The van der Waals surface area contributed by atoms with Gasteiger partial charge in [0.1, 0.15) is 5.75 Å². The summed E-state index contributed by atoms with van der Waals surface area (Å²) in [6.07, 6.45) is 6.26. The van der Waals surface area contributed by atoms with Gasteiger partial charge in [0, 0.05) is 48.5 Å². The van der Waals surface area contributed by atoms with Crippen LogP contribution in [0.2, 0.25) is 0 Å². The van der Waals surface area contributed by atoms with Crippen LogP contribution in [-0.4, -0.2) is 34.2 Å². The number of amides is 1. The topological polar surface area (TPSA) is 47.4 Å². The molecule has 24 heavy (non-hydrogen) atoms. The SMILES string of the molecule is CN(Cc1cnn(C)c1)C(=O)/C=C/c1cc(Br)ccc1OC(F)F. The Hall–Kier alpha value is -2.22. The van der Waals surface area contributed by atoms with Gasteiger partial charge in [-0.1, -0.05) is 15.9 Å². The largest absolute Gasteiger partial charge is 0.434 e. The van der Waals surface area contributed by atoms with E-state index in [1.807, 2.05) is 6.20 Å². The van der Waals surface area contributed by atoms with E-state index in [4.69, 9.17) is 0 Å². The van der Waals surface area contributed by atoms with Crippen LogP contribution < -0.4 is 4.74 Å². The number of nitrogens with zero attached hydrogens (tertiary/aromatic N) is 3. The Bertz CT molecular complexity index is 747. The lowest BCUT2D eigenvalue weighted by Gasteiger charge is -2.14. The van der Waals surface area contributed by atoms with Crippen LogP contribution in [0, 0.1) is 0 Å². The minimum atomic E-state index is -2.93. The van der Waals surface area contributed by atoms with E-state index in [9.17, 15) is 13.6 Å². The third-order valence-electron chi connectivity index (χ3n) is 3.15. The maximum atomic E-state index is 12.4. The van der Waals surface area contributed by atoms with Crippen LogP contribution in [0.1, 0.15) is 11.1 Å². The second-order valence-corrected chi connectivity index (χ2v) is 6.03. The number of alkyl halides is 2. The zero-order valence-electron chi connectivity index (χ0n) is 13.1. The van der Waals surface area contributed by atoms with E-state index in [1.54, 1.807) is 37.1 Å². The van der Waals surface area contributed by atoms with Crippen molar-refractivity contribution >= 4 is 27.9 Å². The molecule has 0 aliphatic heterocycles. The van der Waals surface area contributed by atoms with Crippen molar-refractivity contribution in [3.8, 4) is 5.75 Å². The summed E-state index contributed by atoms with van der Waals surface area (Å²) in [4.78, 5) is 13.7. The van der Waals surface area contributed by atoms with Crippen molar-refractivity contribution in [2.45, 2.75) is 13.2 Å². The summed E-state index contributed by atoms with van der Waals surface area (Å²) < 4.78 is 31.7. The zero-order chi connectivity index (χ0) is 17.7. The molecule has 0 aliphatic carbocycles. The Labute approximate surface area is 146 Å². The minimum absolute atomic E-state index is 0.00663. The number of carbonyl (C=O) groups is 1. The van der Waals surface area contributed by atoms with E-state index < -0.39 is 6.61 Å². The van der Waals surface area contributed by atoms with Gasteiger partial charge in [-0.05, 0) is 24.3 Å². The molecule has 1 aromatic heterocycles. The number of rotatable bonds is 6. The number of halogens is 3. The molecule has 0 spiro atoms. The van der Waals surface area contributed by atoms with Crippen molar-refractivity contribution in [2.24, 2.45) is 7.05 Å². The number of hydrogen-bond acceptors (Lipinski definition) is 3. The summed E-state index contributed by atoms with van der Waals surface area (Å²) in [6, 6.07) is 4.60. The fourth-order valence-corrected chi connectivity index (χ4v) is 2.43. The van der Waals surface area contributed by atoms with Crippen LogP contribution in [0.4, 0.5) is 8.78 Å². The maximum absolute atomic E-state index is 12.4. The molecule has 0 N–H and O–H groups in total. The molecule has 0 unspecified atom stereocenters. The fourth-order valence-electron chi connectivity index (χ4n) is 2.05. The first-order valence-electron chi connectivity index (χ1n) is 7.00. The number of ether oxygens (including phenoxy) is 1. The number of carbonyl (C=O) groups excluding carboxylic acids is 1. The molecule has 1 heterocycles. The molecule has 2 aromatic rings. The van der Waals surface area contributed by atoms with Gasteiger partial charge in [-0.2, -0.15) is 13.9 Å². The zero-order valence-corrected chi connectivity index (χ0v) is 14.7. The van der Waals surface area contributed by atoms with Crippen LogP contribution in [0.5, 0.6) is 5.75 Å². The average molecular weight is 400 g/mol. The molecule has 1 amide bonds. The summed E-state index contributed by atoms with van der Waals surface area (Å²) in [6.45, 7) is -2.53. The molecule has 0 aliphatic rings. The van der Waals surface area contributed by atoms with Crippen LogP contribution in [0.25, 0.3) is 6.08 Å². The summed E-state index contributed by atoms with van der Waals surface area (Å²) in [5.74, 6) is -0.256. The molecular formula is C16H16BrF2N3O2. The molecule has 128 valence electrons. The number of benzene rings is 1. The fraction of sp³-hybridized carbons (Fsp3) is 0.250. The Balaban J connectivity index is 2.08. The molecule has 0 saturated heterocycles. The quantitative estimate of drug-likeness (QED) is 0.698. The van der Waals surface area contributed by atoms with Crippen molar-refractivity contribution in [1.82, 2.24) is 14.7 Å². The summed E-state index contributed by atoms with van der Waals surface area (Å²) in [5.41, 5.74) is 1.28. The number of aromatic nitrogens is 2. The molecule has 0 atom stereocenters. The Morgan fingerprint density at radius 2 is 2.25 bits per heavy atom. The first-order valence-corrected chi connectivity index (χ1v) is 7.79. The molecule has 8 heteroatoms. The van der Waals surface area contributed by atoms with E-state index in [2.05, 4.69) is 25.8 Å². The van der Waals surface area contributed by atoms with Crippen LogP contribution in [0.3, 0.4) is 0 Å². The summed E-state index contributed by atoms with van der Waals surface area (Å²) >= 11 is 3.26. The minimum Gasteiger partial charge on any atom is -0.434 e. The van der Waals surface area contributed by atoms with Crippen LogP contribution >= 0.6 is 15.9 Å². The first-order chi connectivity index (χ1) is 11.3. The third kappa shape index (κ3) is 5.16. The van der Waals surface area contributed by atoms with Crippen molar-refractivity contribution in [2.75, 3.05) is 7.05 Å².